The van der Waals surface area contributed by atoms with Crippen LogP contribution in [0.1, 0.15) is 173 Å². The Labute approximate surface area is 246 Å². The van der Waals surface area contributed by atoms with Crippen LogP contribution in [0.15, 0.2) is 0 Å². The Balaban J connectivity index is 3.43. The SMILES string of the molecule is CCCCCCCOc1c(CCCCCCC)c(CCCCCCC)c(CCCCCCC)c(O)c1OC(=O)O. The Morgan fingerprint density at radius 3 is 1.38 bits per heavy atom. The standard InChI is InChI=1S/C35H62O5/c1-5-9-13-17-21-25-29-30(26-22-18-14-10-6-2)32(36)34(40-35(37)38)33(39-28-24-20-16-12-8-4)31(29)27-23-19-15-11-7-3/h36H,5-28H2,1-4H3,(H,37,38). The first kappa shape index (κ1) is 36.1. The lowest BCUT2D eigenvalue weighted by molar-refractivity contribution is 0.140. The second-order valence-electron chi connectivity index (χ2n) is 11.6. The predicted octanol–water partition coefficient (Wildman–Crippen LogP) is 11.3. The quantitative estimate of drug-likeness (QED) is 0.0667. The highest BCUT2D eigenvalue weighted by Crippen LogP contribution is 2.47. The van der Waals surface area contributed by atoms with Crippen molar-refractivity contribution in [2.45, 2.75) is 175 Å². The number of ether oxygens (including phenoxy) is 2. The highest BCUT2D eigenvalue weighted by molar-refractivity contribution is 5.70. The third kappa shape index (κ3) is 14.6. The van der Waals surface area contributed by atoms with Gasteiger partial charge >= 0.3 is 6.16 Å². The van der Waals surface area contributed by atoms with Crippen LogP contribution in [0.2, 0.25) is 0 Å². The Kier molecular flexibility index (Phi) is 21.5. The first-order chi connectivity index (χ1) is 19.5. The van der Waals surface area contributed by atoms with Gasteiger partial charge in [-0.3, -0.25) is 0 Å². The highest BCUT2D eigenvalue weighted by atomic mass is 16.7. The lowest BCUT2D eigenvalue weighted by Gasteiger charge is -2.24. The maximum atomic E-state index is 11.8. The molecule has 1 aromatic carbocycles. The number of hydrogen-bond donors (Lipinski definition) is 2. The molecular formula is C35H62O5. The van der Waals surface area contributed by atoms with Crippen molar-refractivity contribution in [3.8, 4) is 17.2 Å². The summed E-state index contributed by atoms with van der Waals surface area (Å²) in [5.74, 6) is 0.476. The summed E-state index contributed by atoms with van der Waals surface area (Å²) in [5.41, 5.74) is 3.17. The van der Waals surface area contributed by atoms with E-state index in [4.69, 9.17) is 9.47 Å². The largest absolute Gasteiger partial charge is 0.511 e. The van der Waals surface area contributed by atoms with Crippen molar-refractivity contribution in [3.05, 3.63) is 16.7 Å². The Bertz CT molecular complexity index is 789. The molecule has 232 valence electrons. The maximum Gasteiger partial charge on any atom is 0.511 e. The Hall–Kier alpha value is -1.91. The molecule has 0 fully saturated rings. The number of unbranched alkanes of at least 4 members (excludes halogenated alkanes) is 16. The van der Waals surface area contributed by atoms with Gasteiger partial charge in [0.05, 0.1) is 6.61 Å². The van der Waals surface area contributed by atoms with Crippen molar-refractivity contribution in [2.24, 2.45) is 0 Å². The van der Waals surface area contributed by atoms with E-state index in [2.05, 4.69) is 27.7 Å². The van der Waals surface area contributed by atoms with Crippen LogP contribution in [-0.2, 0) is 19.3 Å². The van der Waals surface area contributed by atoms with Gasteiger partial charge in [0.15, 0.2) is 11.5 Å². The molecule has 1 rings (SSSR count). The molecule has 5 heteroatoms. The highest BCUT2D eigenvalue weighted by Gasteiger charge is 2.27. The lowest BCUT2D eigenvalue weighted by Crippen LogP contribution is -2.12. The minimum absolute atomic E-state index is 0.0165. The van der Waals surface area contributed by atoms with Crippen LogP contribution in [0.5, 0.6) is 17.2 Å². The molecule has 0 aliphatic carbocycles. The number of phenols is 1. The summed E-state index contributed by atoms with van der Waals surface area (Å²) in [4.78, 5) is 11.8. The van der Waals surface area contributed by atoms with E-state index in [1.165, 1.54) is 89.0 Å². The number of carboxylic acid groups (broad SMARTS) is 1. The fraction of sp³-hybridized carbons (Fsp3) is 0.800. The van der Waals surface area contributed by atoms with Gasteiger partial charge in [-0.05, 0) is 50.5 Å². The van der Waals surface area contributed by atoms with E-state index in [0.717, 1.165) is 75.3 Å². The topological polar surface area (TPSA) is 76.0 Å². The number of rotatable bonds is 26. The van der Waals surface area contributed by atoms with E-state index >= 15 is 0 Å². The minimum Gasteiger partial charge on any atom is -0.504 e. The molecular weight excluding hydrogens is 500 g/mol. The van der Waals surface area contributed by atoms with Crippen LogP contribution >= 0.6 is 0 Å². The number of hydrogen-bond acceptors (Lipinski definition) is 4. The normalized spacial score (nSPS) is 11.2. The van der Waals surface area contributed by atoms with Gasteiger partial charge in [-0.25, -0.2) is 4.79 Å². The number of benzene rings is 1. The van der Waals surface area contributed by atoms with E-state index in [0.29, 0.717) is 12.4 Å². The van der Waals surface area contributed by atoms with E-state index < -0.39 is 6.16 Å². The van der Waals surface area contributed by atoms with Gasteiger partial charge in [0.2, 0.25) is 5.75 Å². The van der Waals surface area contributed by atoms with Gasteiger partial charge in [0, 0.05) is 11.1 Å². The first-order valence-electron chi connectivity index (χ1n) is 16.9. The summed E-state index contributed by atoms with van der Waals surface area (Å²) in [6.07, 6.45) is 24.1. The van der Waals surface area contributed by atoms with Crippen LogP contribution in [0, 0.1) is 0 Å². The molecule has 40 heavy (non-hydrogen) atoms. The maximum absolute atomic E-state index is 11.8. The summed E-state index contributed by atoms with van der Waals surface area (Å²) in [7, 11) is 0. The second-order valence-corrected chi connectivity index (χ2v) is 11.6. The number of aromatic hydroxyl groups is 1. The van der Waals surface area contributed by atoms with Crippen LogP contribution in [0.25, 0.3) is 0 Å². The average molecular weight is 563 g/mol. The zero-order valence-electron chi connectivity index (χ0n) is 26.6. The van der Waals surface area contributed by atoms with E-state index in [1.54, 1.807) is 0 Å². The molecule has 2 N–H and O–H groups in total. The average Bonchev–Trinajstić information content (AvgIpc) is 2.94. The summed E-state index contributed by atoms with van der Waals surface area (Å²) in [6, 6.07) is 0. The van der Waals surface area contributed by atoms with Crippen LogP contribution in [0.3, 0.4) is 0 Å². The summed E-state index contributed by atoms with van der Waals surface area (Å²) < 4.78 is 11.7. The molecule has 0 aliphatic rings. The second kappa shape index (κ2) is 23.8. The fourth-order valence-corrected chi connectivity index (χ4v) is 5.61. The molecule has 0 aromatic heterocycles. The van der Waals surface area contributed by atoms with Gasteiger partial charge in [-0.1, -0.05) is 130 Å². The van der Waals surface area contributed by atoms with Crippen molar-refractivity contribution in [3.63, 3.8) is 0 Å². The molecule has 0 saturated carbocycles. The van der Waals surface area contributed by atoms with Crippen molar-refractivity contribution in [1.82, 2.24) is 0 Å². The van der Waals surface area contributed by atoms with E-state index in [9.17, 15) is 15.0 Å². The third-order valence-corrected chi connectivity index (χ3v) is 7.98. The monoisotopic (exact) mass is 562 g/mol. The number of phenolic OH excluding ortho intramolecular Hbond substituents is 1. The molecule has 1 aromatic rings. The van der Waals surface area contributed by atoms with Gasteiger partial charge in [-0.15, -0.1) is 0 Å². The molecule has 0 radical (unpaired) electrons. The van der Waals surface area contributed by atoms with E-state index in [1.807, 2.05) is 0 Å². The number of carbonyl (C=O) groups is 1. The van der Waals surface area contributed by atoms with Gasteiger partial charge in [-0.2, -0.15) is 0 Å². The van der Waals surface area contributed by atoms with Gasteiger partial charge in [0.1, 0.15) is 0 Å². The molecule has 0 unspecified atom stereocenters. The molecule has 0 spiro atoms. The molecule has 5 nitrogen and oxygen atoms in total. The zero-order valence-corrected chi connectivity index (χ0v) is 26.6. The summed E-state index contributed by atoms with van der Waals surface area (Å²) >= 11 is 0. The van der Waals surface area contributed by atoms with Crippen molar-refractivity contribution in [1.29, 1.82) is 0 Å². The fourth-order valence-electron chi connectivity index (χ4n) is 5.61. The van der Waals surface area contributed by atoms with Gasteiger partial charge < -0.3 is 19.7 Å². The third-order valence-electron chi connectivity index (χ3n) is 7.98. The molecule has 0 atom stereocenters. The molecule has 0 heterocycles. The van der Waals surface area contributed by atoms with Crippen molar-refractivity contribution in [2.75, 3.05) is 6.61 Å². The minimum atomic E-state index is -1.40. The summed E-state index contributed by atoms with van der Waals surface area (Å²) in [6.45, 7) is 9.39. The summed E-state index contributed by atoms with van der Waals surface area (Å²) in [5, 5.41) is 21.1. The van der Waals surface area contributed by atoms with Crippen molar-refractivity contribution >= 4 is 6.16 Å². The smallest absolute Gasteiger partial charge is 0.504 e. The predicted molar refractivity (Wildman–Crippen MR) is 168 cm³/mol. The Morgan fingerprint density at radius 2 is 0.925 bits per heavy atom. The first-order valence-corrected chi connectivity index (χ1v) is 16.9. The molecule has 0 amide bonds. The zero-order chi connectivity index (χ0) is 29.4. The van der Waals surface area contributed by atoms with Crippen molar-refractivity contribution < 1.29 is 24.5 Å². The Morgan fingerprint density at radius 1 is 0.525 bits per heavy atom. The van der Waals surface area contributed by atoms with Crippen LogP contribution < -0.4 is 9.47 Å². The van der Waals surface area contributed by atoms with Crippen LogP contribution in [0.4, 0.5) is 4.79 Å². The van der Waals surface area contributed by atoms with Gasteiger partial charge in [0.25, 0.3) is 0 Å². The molecule has 0 aliphatic heterocycles. The van der Waals surface area contributed by atoms with E-state index in [-0.39, 0.29) is 11.5 Å². The van der Waals surface area contributed by atoms with Crippen LogP contribution in [-0.4, -0.2) is 23.0 Å². The lowest BCUT2D eigenvalue weighted by atomic mass is 9.88. The molecule has 0 bridgehead atoms. The molecule has 0 saturated heterocycles.